The second-order valence-corrected chi connectivity index (χ2v) is 8.38. The van der Waals surface area contributed by atoms with Gasteiger partial charge in [-0.25, -0.2) is 0 Å². The molecular formula is C21H17N3O4S2. The minimum absolute atomic E-state index is 0.000328. The van der Waals surface area contributed by atoms with Gasteiger partial charge in [-0.3, -0.25) is 14.5 Å². The minimum Gasteiger partial charge on any atom is -0.507 e. The van der Waals surface area contributed by atoms with Crippen molar-refractivity contribution in [3.05, 3.63) is 71.3 Å². The number of aliphatic hydroxyl groups is 1. The van der Waals surface area contributed by atoms with Crippen LogP contribution in [0.5, 0.6) is 5.75 Å². The zero-order valence-electron chi connectivity index (χ0n) is 16.1. The molecule has 2 aromatic carbocycles. The lowest BCUT2D eigenvalue weighted by molar-refractivity contribution is -0.132. The monoisotopic (exact) mass is 439 g/mol. The predicted molar refractivity (Wildman–Crippen MR) is 116 cm³/mol. The van der Waals surface area contributed by atoms with Gasteiger partial charge in [-0.1, -0.05) is 65.6 Å². The number of Topliss-reactive ketones (excluding diaryl/α,β-unsaturated/α-hetero) is 1. The first-order chi connectivity index (χ1) is 14.5. The fourth-order valence-corrected chi connectivity index (χ4v) is 4.58. The van der Waals surface area contributed by atoms with Crippen LogP contribution in [0.3, 0.4) is 0 Å². The fourth-order valence-electron chi connectivity index (χ4n) is 3.29. The van der Waals surface area contributed by atoms with Crippen molar-refractivity contribution < 1.29 is 19.4 Å². The molecule has 1 aliphatic rings. The van der Waals surface area contributed by atoms with Crippen LogP contribution in [0.25, 0.3) is 5.76 Å². The van der Waals surface area contributed by atoms with Crippen LogP contribution < -0.4 is 9.64 Å². The van der Waals surface area contributed by atoms with Gasteiger partial charge in [-0.15, -0.1) is 10.2 Å². The van der Waals surface area contributed by atoms with E-state index in [1.54, 1.807) is 54.6 Å². The maximum atomic E-state index is 13.0. The summed E-state index contributed by atoms with van der Waals surface area (Å²) >= 11 is 2.61. The van der Waals surface area contributed by atoms with E-state index < -0.39 is 17.7 Å². The van der Waals surface area contributed by atoms with Gasteiger partial charge in [0.2, 0.25) is 5.13 Å². The van der Waals surface area contributed by atoms with E-state index in [9.17, 15) is 14.7 Å². The van der Waals surface area contributed by atoms with Crippen LogP contribution in [0, 0.1) is 0 Å². The average molecular weight is 440 g/mol. The first-order valence-corrected chi connectivity index (χ1v) is 11.0. The Morgan fingerprint density at radius 3 is 2.57 bits per heavy atom. The zero-order chi connectivity index (χ0) is 21.3. The molecule has 1 amide bonds. The number of ether oxygens (including phenoxy) is 1. The topological polar surface area (TPSA) is 92.6 Å². The number of aliphatic hydroxyl groups excluding tert-OH is 1. The van der Waals surface area contributed by atoms with Crippen molar-refractivity contribution in [2.24, 2.45) is 0 Å². The van der Waals surface area contributed by atoms with Gasteiger partial charge in [-0.2, -0.15) is 0 Å². The molecule has 152 valence electrons. The van der Waals surface area contributed by atoms with Crippen LogP contribution in [0.2, 0.25) is 0 Å². The number of rotatable bonds is 5. The number of benzene rings is 2. The number of thioether (sulfide) groups is 1. The third-order valence-corrected chi connectivity index (χ3v) is 6.58. The quantitative estimate of drug-likeness (QED) is 0.212. The summed E-state index contributed by atoms with van der Waals surface area (Å²) in [5, 5.41) is 19.4. The van der Waals surface area contributed by atoms with Gasteiger partial charge < -0.3 is 9.84 Å². The number of methoxy groups -OCH3 is 1. The number of ketones is 1. The third-order valence-electron chi connectivity index (χ3n) is 4.68. The van der Waals surface area contributed by atoms with Crippen molar-refractivity contribution in [3.63, 3.8) is 0 Å². The lowest BCUT2D eigenvalue weighted by atomic mass is 9.95. The van der Waals surface area contributed by atoms with Gasteiger partial charge >= 0.3 is 5.91 Å². The molecule has 1 atom stereocenters. The van der Waals surface area contributed by atoms with Crippen LogP contribution in [0.1, 0.15) is 17.2 Å². The summed E-state index contributed by atoms with van der Waals surface area (Å²) < 4.78 is 5.98. The Morgan fingerprint density at radius 1 is 1.13 bits per heavy atom. The molecule has 7 nitrogen and oxygen atoms in total. The molecule has 4 rings (SSSR count). The molecule has 0 aliphatic carbocycles. The molecular weight excluding hydrogens is 422 g/mol. The summed E-state index contributed by atoms with van der Waals surface area (Å²) in [6.07, 6.45) is 1.85. The lowest BCUT2D eigenvalue weighted by Gasteiger charge is -2.22. The predicted octanol–water partition coefficient (Wildman–Crippen LogP) is 3.89. The average Bonchev–Trinajstić information content (AvgIpc) is 3.36. The Bertz CT molecular complexity index is 1140. The van der Waals surface area contributed by atoms with Crippen LogP contribution in [0.4, 0.5) is 5.13 Å². The molecule has 0 unspecified atom stereocenters. The number of carbonyl (C=O) groups is 2. The molecule has 1 fully saturated rings. The van der Waals surface area contributed by atoms with Crippen LogP contribution >= 0.6 is 23.1 Å². The molecule has 3 aromatic rings. The highest BCUT2D eigenvalue weighted by atomic mass is 32.2. The Morgan fingerprint density at radius 2 is 1.90 bits per heavy atom. The SMILES string of the molecule is COc1cccc([C@@H]2/C(=C(\O)c3ccccc3)C(=O)C(=O)N2c2nnc(SC)s2)c1. The summed E-state index contributed by atoms with van der Waals surface area (Å²) in [7, 11) is 1.54. The standard InChI is InChI=1S/C21H17N3O4S2/c1-28-14-10-6-9-13(11-14)16-15(17(25)12-7-4-3-5-8-12)18(26)19(27)24(16)20-22-23-21(29-2)30-20/h3-11,16,25H,1-2H3/b17-15+/t16-/m1/s1. The highest BCUT2D eigenvalue weighted by molar-refractivity contribution is 8.00. The summed E-state index contributed by atoms with van der Waals surface area (Å²) in [4.78, 5) is 27.3. The van der Waals surface area contributed by atoms with Crippen LogP contribution in [-0.2, 0) is 9.59 Å². The number of carbonyl (C=O) groups excluding carboxylic acids is 2. The van der Waals surface area contributed by atoms with Crippen LogP contribution in [0.15, 0.2) is 64.5 Å². The smallest absolute Gasteiger partial charge is 0.301 e. The molecule has 2 heterocycles. The second kappa shape index (κ2) is 8.29. The minimum atomic E-state index is -0.858. The number of anilines is 1. The van der Waals surface area contributed by atoms with E-state index in [2.05, 4.69) is 10.2 Å². The zero-order valence-corrected chi connectivity index (χ0v) is 17.7. The molecule has 0 saturated carbocycles. The highest BCUT2D eigenvalue weighted by Crippen LogP contribution is 2.44. The van der Waals surface area contributed by atoms with E-state index in [0.29, 0.717) is 26.3 Å². The maximum Gasteiger partial charge on any atom is 0.301 e. The van der Waals surface area contributed by atoms with Crippen molar-refractivity contribution in [1.82, 2.24) is 10.2 Å². The van der Waals surface area contributed by atoms with Crippen molar-refractivity contribution in [1.29, 1.82) is 0 Å². The van der Waals surface area contributed by atoms with Crippen molar-refractivity contribution >= 4 is 45.7 Å². The first kappa shape index (κ1) is 20.1. The number of hydrogen-bond acceptors (Lipinski definition) is 8. The molecule has 30 heavy (non-hydrogen) atoms. The Kier molecular flexibility index (Phi) is 5.56. The third kappa shape index (κ3) is 3.46. The molecule has 1 N–H and O–H groups in total. The summed E-state index contributed by atoms with van der Waals surface area (Å²) in [5.41, 5.74) is 1.07. The lowest BCUT2D eigenvalue weighted by Crippen LogP contribution is -2.29. The molecule has 9 heteroatoms. The second-order valence-electron chi connectivity index (χ2n) is 6.37. The number of nitrogens with zero attached hydrogens (tertiary/aromatic N) is 3. The number of amides is 1. The normalized spacial score (nSPS) is 18.1. The van der Waals surface area contributed by atoms with Gasteiger partial charge in [-0.05, 0) is 24.0 Å². The summed E-state index contributed by atoms with van der Waals surface area (Å²) in [5.74, 6) is -1.20. The van der Waals surface area contributed by atoms with Crippen molar-refractivity contribution in [2.75, 3.05) is 18.3 Å². The van der Waals surface area contributed by atoms with E-state index in [-0.39, 0.29) is 11.3 Å². The maximum absolute atomic E-state index is 13.0. The molecule has 1 aliphatic heterocycles. The summed E-state index contributed by atoms with van der Waals surface area (Å²) in [6.45, 7) is 0. The molecule has 1 saturated heterocycles. The van der Waals surface area contributed by atoms with Gasteiger partial charge in [0.05, 0.1) is 18.7 Å². The van der Waals surface area contributed by atoms with Crippen LogP contribution in [-0.4, -0.2) is 40.4 Å². The Balaban J connectivity index is 1.94. The highest BCUT2D eigenvalue weighted by Gasteiger charge is 2.48. The fraction of sp³-hybridized carbons (Fsp3) is 0.143. The van der Waals surface area contributed by atoms with E-state index in [4.69, 9.17) is 4.74 Å². The molecule has 0 radical (unpaired) electrons. The van der Waals surface area contributed by atoms with Crippen molar-refractivity contribution in [3.8, 4) is 5.75 Å². The van der Waals surface area contributed by atoms with E-state index in [0.717, 1.165) is 0 Å². The van der Waals surface area contributed by atoms with Gasteiger partial charge in [0, 0.05) is 5.56 Å². The number of aromatic nitrogens is 2. The van der Waals surface area contributed by atoms with E-state index in [1.807, 2.05) is 6.26 Å². The van der Waals surface area contributed by atoms with Crippen molar-refractivity contribution in [2.45, 2.75) is 10.4 Å². The molecule has 1 aromatic heterocycles. The number of hydrogen-bond donors (Lipinski definition) is 1. The van der Waals surface area contributed by atoms with Gasteiger partial charge in [0.1, 0.15) is 11.5 Å². The van der Waals surface area contributed by atoms with Gasteiger partial charge in [0.15, 0.2) is 4.34 Å². The Hall–Kier alpha value is -3.17. The summed E-state index contributed by atoms with van der Waals surface area (Å²) in [6, 6.07) is 14.9. The Labute approximate surface area is 181 Å². The molecule has 0 spiro atoms. The largest absolute Gasteiger partial charge is 0.507 e. The molecule has 0 bridgehead atoms. The van der Waals surface area contributed by atoms with Gasteiger partial charge in [0.25, 0.3) is 5.78 Å². The van der Waals surface area contributed by atoms with E-state index >= 15 is 0 Å². The first-order valence-electron chi connectivity index (χ1n) is 8.93. The van der Waals surface area contributed by atoms with E-state index in [1.165, 1.54) is 35.1 Å².